The molecule has 1 aliphatic rings. The van der Waals surface area contributed by atoms with E-state index in [1.165, 1.54) is 0 Å². The summed E-state index contributed by atoms with van der Waals surface area (Å²) in [5.41, 5.74) is -0.211. The van der Waals surface area contributed by atoms with E-state index in [4.69, 9.17) is 4.74 Å². The molecule has 1 fully saturated rings. The van der Waals surface area contributed by atoms with Crippen molar-refractivity contribution in [2.75, 3.05) is 38.2 Å². The van der Waals surface area contributed by atoms with Crippen molar-refractivity contribution in [3.05, 3.63) is 5.82 Å². The van der Waals surface area contributed by atoms with E-state index >= 15 is 0 Å². The van der Waals surface area contributed by atoms with Gasteiger partial charge in [0.1, 0.15) is 5.82 Å². The van der Waals surface area contributed by atoms with Crippen LogP contribution in [0.2, 0.25) is 0 Å². The SMILES string of the molecule is COC(C)(C)Cc1nc(N2CCCNCC2)n[nH]1. The van der Waals surface area contributed by atoms with Crippen molar-refractivity contribution in [1.82, 2.24) is 20.5 Å². The second-order valence-corrected chi connectivity index (χ2v) is 5.31. The van der Waals surface area contributed by atoms with E-state index in [9.17, 15) is 0 Å². The Morgan fingerprint density at radius 1 is 1.33 bits per heavy atom. The molecule has 0 atom stereocenters. The van der Waals surface area contributed by atoms with Crippen LogP contribution in [0.3, 0.4) is 0 Å². The highest BCUT2D eigenvalue weighted by molar-refractivity contribution is 5.29. The number of H-pyrrole nitrogens is 1. The number of nitrogens with one attached hydrogen (secondary N) is 2. The molecule has 0 spiro atoms. The summed E-state index contributed by atoms with van der Waals surface area (Å²) in [6, 6.07) is 0. The first-order valence-electron chi connectivity index (χ1n) is 6.53. The summed E-state index contributed by atoms with van der Waals surface area (Å²) in [4.78, 5) is 6.78. The molecule has 0 radical (unpaired) electrons. The first kappa shape index (κ1) is 13.3. The molecule has 102 valence electrons. The molecule has 1 saturated heterocycles. The number of aromatic nitrogens is 3. The van der Waals surface area contributed by atoms with Crippen LogP contribution in [-0.2, 0) is 11.2 Å². The maximum atomic E-state index is 5.40. The van der Waals surface area contributed by atoms with Crippen LogP contribution in [0.5, 0.6) is 0 Å². The Hall–Kier alpha value is -1.14. The molecule has 0 aliphatic carbocycles. The first-order chi connectivity index (χ1) is 8.61. The maximum Gasteiger partial charge on any atom is 0.244 e. The summed E-state index contributed by atoms with van der Waals surface area (Å²) in [7, 11) is 1.72. The van der Waals surface area contributed by atoms with E-state index in [2.05, 4.69) is 25.4 Å². The summed E-state index contributed by atoms with van der Waals surface area (Å²) in [6.45, 7) is 8.14. The van der Waals surface area contributed by atoms with Gasteiger partial charge in [0, 0.05) is 33.2 Å². The number of nitrogens with zero attached hydrogens (tertiary/aromatic N) is 3. The molecule has 2 heterocycles. The van der Waals surface area contributed by atoms with Crippen LogP contribution >= 0.6 is 0 Å². The van der Waals surface area contributed by atoms with Crippen molar-refractivity contribution in [1.29, 1.82) is 0 Å². The fourth-order valence-corrected chi connectivity index (χ4v) is 2.03. The number of hydrogen-bond acceptors (Lipinski definition) is 5. The van der Waals surface area contributed by atoms with Gasteiger partial charge in [-0.1, -0.05) is 0 Å². The van der Waals surface area contributed by atoms with Gasteiger partial charge >= 0.3 is 0 Å². The summed E-state index contributed by atoms with van der Waals surface area (Å²) in [6.07, 6.45) is 1.87. The molecule has 2 N–H and O–H groups in total. The molecule has 1 aliphatic heterocycles. The van der Waals surface area contributed by atoms with Gasteiger partial charge in [-0.05, 0) is 26.8 Å². The Balaban J connectivity index is 2.00. The van der Waals surface area contributed by atoms with Gasteiger partial charge in [0.2, 0.25) is 5.95 Å². The van der Waals surface area contributed by atoms with E-state index in [0.29, 0.717) is 0 Å². The van der Waals surface area contributed by atoms with Crippen LogP contribution in [0.4, 0.5) is 5.95 Å². The molecule has 0 aromatic carbocycles. The van der Waals surface area contributed by atoms with Crippen molar-refractivity contribution >= 4 is 5.95 Å². The first-order valence-corrected chi connectivity index (χ1v) is 6.53. The lowest BCUT2D eigenvalue weighted by Crippen LogP contribution is -2.29. The highest BCUT2D eigenvalue weighted by Gasteiger charge is 2.21. The number of hydrogen-bond donors (Lipinski definition) is 2. The topological polar surface area (TPSA) is 66.1 Å². The Morgan fingerprint density at radius 2 is 2.17 bits per heavy atom. The van der Waals surface area contributed by atoms with Crippen molar-refractivity contribution in [3.63, 3.8) is 0 Å². The van der Waals surface area contributed by atoms with Gasteiger partial charge in [-0.3, -0.25) is 5.10 Å². The van der Waals surface area contributed by atoms with Crippen molar-refractivity contribution in [3.8, 4) is 0 Å². The Morgan fingerprint density at radius 3 is 2.94 bits per heavy atom. The molecule has 6 heteroatoms. The lowest BCUT2D eigenvalue weighted by Gasteiger charge is -2.21. The van der Waals surface area contributed by atoms with Gasteiger partial charge in [0.15, 0.2) is 0 Å². The quantitative estimate of drug-likeness (QED) is 0.821. The zero-order chi connectivity index (χ0) is 13.0. The minimum Gasteiger partial charge on any atom is -0.378 e. The Labute approximate surface area is 108 Å². The normalized spacial score (nSPS) is 17.8. The van der Waals surface area contributed by atoms with Gasteiger partial charge in [-0.25, -0.2) is 0 Å². The van der Waals surface area contributed by atoms with E-state index < -0.39 is 0 Å². The van der Waals surface area contributed by atoms with Gasteiger partial charge in [0.05, 0.1) is 5.60 Å². The molecule has 6 nitrogen and oxygen atoms in total. The van der Waals surface area contributed by atoms with Gasteiger partial charge in [-0.15, -0.1) is 5.10 Å². The third kappa shape index (κ3) is 3.43. The zero-order valence-electron chi connectivity index (χ0n) is 11.5. The van der Waals surface area contributed by atoms with Gasteiger partial charge in [-0.2, -0.15) is 4.98 Å². The maximum absolute atomic E-state index is 5.40. The standard InChI is InChI=1S/C12H23N5O/c1-12(2,18-3)9-10-14-11(16-15-10)17-7-4-5-13-6-8-17/h13H,4-9H2,1-3H3,(H,14,15,16). The van der Waals surface area contributed by atoms with E-state index in [1.54, 1.807) is 7.11 Å². The van der Waals surface area contributed by atoms with Crippen LogP contribution < -0.4 is 10.2 Å². The van der Waals surface area contributed by atoms with E-state index in [1.807, 2.05) is 13.8 Å². The molecular weight excluding hydrogens is 230 g/mol. The lowest BCUT2D eigenvalue weighted by molar-refractivity contribution is 0.0216. The summed E-state index contributed by atoms with van der Waals surface area (Å²) in [5.74, 6) is 1.69. The van der Waals surface area contributed by atoms with Crippen LogP contribution in [0.15, 0.2) is 0 Å². The van der Waals surface area contributed by atoms with Crippen molar-refractivity contribution in [2.24, 2.45) is 0 Å². The average Bonchev–Trinajstić information content (AvgIpc) is 2.64. The van der Waals surface area contributed by atoms with Crippen molar-refractivity contribution in [2.45, 2.75) is 32.3 Å². The molecule has 18 heavy (non-hydrogen) atoms. The summed E-state index contributed by atoms with van der Waals surface area (Å²) in [5, 5.41) is 10.7. The number of anilines is 1. The molecule has 0 unspecified atom stereocenters. The second-order valence-electron chi connectivity index (χ2n) is 5.31. The fourth-order valence-electron chi connectivity index (χ4n) is 2.03. The number of ether oxygens (including phenoxy) is 1. The molecule has 1 aromatic heterocycles. The van der Waals surface area contributed by atoms with E-state index in [-0.39, 0.29) is 5.60 Å². The highest BCUT2D eigenvalue weighted by atomic mass is 16.5. The molecule has 0 saturated carbocycles. The number of methoxy groups -OCH3 is 1. The second kappa shape index (κ2) is 5.67. The monoisotopic (exact) mass is 253 g/mol. The predicted molar refractivity (Wildman–Crippen MR) is 70.9 cm³/mol. The van der Waals surface area contributed by atoms with Crippen LogP contribution in [0, 0.1) is 0 Å². The number of rotatable bonds is 4. The molecular formula is C12H23N5O. The van der Waals surface area contributed by atoms with Crippen LogP contribution in [-0.4, -0.2) is 54.1 Å². The molecule has 1 aromatic rings. The Bertz CT molecular complexity index is 368. The molecule has 2 rings (SSSR count). The lowest BCUT2D eigenvalue weighted by atomic mass is 10.1. The van der Waals surface area contributed by atoms with Gasteiger partial charge in [0.25, 0.3) is 0 Å². The zero-order valence-corrected chi connectivity index (χ0v) is 11.5. The minimum atomic E-state index is -0.211. The summed E-state index contributed by atoms with van der Waals surface area (Å²) < 4.78 is 5.40. The predicted octanol–water partition coefficient (Wildman–Crippen LogP) is 0.572. The molecule has 0 amide bonds. The Kier molecular flexibility index (Phi) is 4.19. The largest absolute Gasteiger partial charge is 0.378 e. The summed E-state index contributed by atoms with van der Waals surface area (Å²) >= 11 is 0. The fraction of sp³-hybridized carbons (Fsp3) is 0.833. The van der Waals surface area contributed by atoms with Crippen LogP contribution in [0.1, 0.15) is 26.1 Å². The number of aromatic amines is 1. The van der Waals surface area contributed by atoms with Crippen LogP contribution in [0.25, 0.3) is 0 Å². The van der Waals surface area contributed by atoms with Crippen molar-refractivity contribution < 1.29 is 4.74 Å². The smallest absolute Gasteiger partial charge is 0.244 e. The van der Waals surface area contributed by atoms with Gasteiger partial charge < -0.3 is 15.0 Å². The highest BCUT2D eigenvalue weighted by Crippen LogP contribution is 2.15. The average molecular weight is 253 g/mol. The third-order valence-corrected chi connectivity index (χ3v) is 3.29. The van der Waals surface area contributed by atoms with E-state index in [0.717, 1.165) is 50.8 Å². The minimum absolute atomic E-state index is 0.211. The third-order valence-electron chi connectivity index (χ3n) is 3.29. The molecule has 0 bridgehead atoms.